The molecule has 0 radical (unpaired) electrons. The van der Waals surface area contributed by atoms with E-state index in [-0.39, 0.29) is 17.6 Å². The van der Waals surface area contributed by atoms with Crippen LogP contribution in [-0.2, 0) is 4.79 Å². The fourth-order valence-electron chi connectivity index (χ4n) is 2.22. The molecule has 1 aliphatic rings. The van der Waals surface area contributed by atoms with Gasteiger partial charge in [-0.1, -0.05) is 41.3 Å². The molecule has 1 saturated heterocycles. The first-order valence-electron chi connectivity index (χ1n) is 6.97. The second-order valence-corrected chi connectivity index (χ2v) is 7.16. The van der Waals surface area contributed by atoms with Crippen molar-refractivity contribution in [2.75, 3.05) is 31.2 Å². The predicted octanol–water partition coefficient (Wildman–Crippen LogP) is 1.15. The molecule has 2 heterocycles. The molecular formula is C14H15N5O2S2. The molecule has 23 heavy (non-hydrogen) atoms. The van der Waals surface area contributed by atoms with Crippen molar-refractivity contribution < 1.29 is 9.59 Å². The van der Waals surface area contributed by atoms with Gasteiger partial charge in [0.25, 0.3) is 5.91 Å². The van der Waals surface area contributed by atoms with Gasteiger partial charge in [-0.25, -0.2) is 0 Å². The number of hydrogen-bond acceptors (Lipinski definition) is 7. The van der Waals surface area contributed by atoms with Gasteiger partial charge in [0, 0.05) is 18.7 Å². The SMILES string of the molecule is Nc1nnc(SCC(=O)N2CCN(C(=O)c3ccccc3)C2)s1. The normalized spacial score (nSPS) is 14.3. The Bertz CT molecular complexity index is 706. The molecule has 2 aromatic rings. The van der Waals surface area contributed by atoms with Gasteiger partial charge in [-0.3, -0.25) is 9.59 Å². The summed E-state index contributed by atoms with van der Waals surface area (Å²) in [7, 11) is 0. The van der Waals surface area contributed by atoms with Crippen LogP contribution in [0.3, 0.4) is 0 Å². The van der Waals surface area contributed by atoms with E-state index in [4.69, 9.17) is 5.73 Å². The van der Waals surface area contributed by atoms with Gasteiger partial charge < -0.3 is 15.5 Å². The molecule has 9 heteroatoms. The summed E-state index contributed by atoms with van der Waals surface area (Å²) in [6.45, 7) is 1.43. The van der Waals surface area contributed by atoms with E-state index in [1.54, 1.807) is 21.9 Å². The Morgan fingerprint density at radius 1 is 1.17 bits per heavy atom. The number of anilines is 1. The van der Waals surface area contributed by atoms with Crippen molar-refractivity contribution in [3.8, 4) is 0 Å². The lowest BCUT2D eigenvalue weighted by Gasteiger charge is -2.18. The summed E-state index contributed by atoms with van der Waals surface area (Å²) < 4.78 is 0.673. The highest BCUT2D eigenvalue weighted by molar-refractivity contribution is 8.01. The van der Waals surface area contributed by atoms with Gasteiger partial charge in [-0.2, -0.15) is 0 Å². The number of nitrogen functional groups attached to an aromatic ring is 1. The number of amides is 2. The highest BCUT2D eigenvalue weighted by Crippen LogP contribution is 2.24. The number of hydrogen-bond donors (Lipinski definition) is 1. The lowest BCUT2D eigenvalue weighted by atomic mass is 10.2. The zero-order valence-electron chi connectivity index (χ0n) is 12.2. The highest BCUT2D eigenvalue weighted by Gasteiger charge is 2.28. The minimum absolute atomic E-state index is 0.0212. The van der Waals surface area contributed by atoms with E-state index in [1.807, 2.05) is 18.2 Å². The fourth-order valence-corrected chi connectivity index (χ4v) is 3.75. The third-order valence-corrected chi connectivity index (χ3v) is 5.25. The van der Waals surface area contributed by atoms with Crippen LogP contribution in [0.4, 0.5) is 5.13 Å². The van der Waals surface area contributed by atoms with Crippen LogP contribution in [0, 0.1) is 0 Å². The maximum absolute atomic E-state index is 12.3. The molecule has 2 amide bonds. The zero-order valence-corrected chi connectivity index (χ0v) is 13.8. The molecule has 0 spiro atoms. The minimum atomic E-state index is -0.0505. The van der Waals surface area contributed by atoms with Gasteiger partial charge in [0.05, 0.1) is 12.4 Å². The molecule has 120 valence electrons. The number of carbonyl (C=O) groups excluding carboxylic acids is 2. The van der Waals surface area contributed by atoms with E-state index in [9.17, 15) is 9.59 Å². The highest BCUT2D eigenvalue weighted by atomic mass is 32.2. The first kappa shape index (κ1) is 15.8. The number of thioether (sulfide) groups is 1. The van der Waals surface area contributed by atoms with E-state index >= 15 is 0 Å². The van der Waals surface area contributed by atoms with Crippen LogP contribution in [0.5, 0.6) is 0 Å². The topological polar surface area (TPSA) is 92.4 Å². The molecule has 2 N–H and O–H groups in total. The molecule has 0 saturated carbocycles. The molecule has 1 aliphatic heterocycles. The number of nitrogens with two attached hydrogens (primary N) is 1. The second kappa shape index (κ2) is 6.97. The number of nitrogens with zero attached hydrogens (tertiary/aromatic N) is 4. The molecule has 0 unspecified atom stereocenters. The number of rotatable bonds is 4. The van der Waals surface area contributed by atoms with Gasteiger partial charge >= 0.3 is 0 Å². The van der Waals surface area contributed by atoms with Crippen LogP contribution in [-0.4, -0.2) is 57.3 Å². The maximum atomic E-state index is 12.3. The zero-order chi connectivity index (χ0) is 16.2. The van der Waals surface area contributed by atoms with Gasteiger partial charge in [-0.15, -0.1) is 10.2 Å². The second-order valence-electron chi connectivity index (χ2n) is 4.93. The largest absolute Gasteiger partial charge is 0.374 e. The minimum Gasteiger partial charge on any atom is -0.374 e. The van der Waals surface area contributed by atoms with Crippen LogP contribution in [0.2, 0.25) is 0 Å². The Balaban J connectivity index is 1.52. The molecule has 1 aromatic carbocycles. The summed E-state index contributed by atoms with van der Waals surface area (Å²) in [5.41, 5.74) is 6.15. The van der Waals surface area contributed by atoms with Gasteiger partial charge in [-0.05, 0) is 12.1 Å². The van der Waals surface area contributed by atoms with Crippen molar-refractivity contribution in [2.45, 2.75) is 4.34 Å². The number of benzene rings is 1. The fraction of sp³-hybridized carbons (Fsp3) is 0.286. The maximum Gasteiger partial charge on any atom is 0.255 e. The Morgan fingerprint density at radius 3 is 2.61 bits per heavy atom. The molecule has 3 rings (SSSR count). The lowest BCUT2D eigenvalue weighted by molar-refractivity contribution is -0.127. The smallest absolute Gasteiger partial charge is 0.255 e. The average molecular weight is 349 g/mol. The first-order valence-corrected chi connectivity index (χ1v) is 8.77. The Hall–Kier alpha value is -2.13. The summed E-state index contributed by atoms with van der Waals surface area (Å²) in [5.74, 6) is 0.194. The lowest BCUT2D eigenvalue weighted by Crippen LogP contribution is -2.34. The van der Waals surface area contributed by atoms with E-state index < -0.39 is 0 Å². The molecular weight excluding hydrogens is 334 g/mol. The van der Waals surface area contributed by atoms with Gasteiger partial charge in [0.2, 0.25) is 11.0 Å². The van der Waals surface area contributed by atoms with E-state index in [0.717, 1.165) is 0 Å². The molecule has 1 fully saturated rings. The number of aromatic nitrogens is 2. The Morgan fingerprint density at radius 2 is 1.91 bits per heavy atom. The van der Waals surface area contributed by atoms with Gasteiger partial charge in [0.1, 0.15) is 0 Å². The van der Waals surface area contributed by atoms with E-state index in [1.165, 1.54) is 23.1 Å². The molecule has 0 aliphatic carbocycles. The van der Waals surface area contributed by atoms with Crippen molar-refractivity contribution >= 4 is 40.0 Å². The molecule has 0 atom stereocenters. The summed E-state index contributed by atoms with van der Waals surface area (Å²) in [5, 5.41) is 7.97. The standard InChI is InChI=1S/C14H15N5O2S2/c15-13-16-17-14(23-13)22-8-11(20)18-6-7-19(9-18)12(21)10-4-2-1-3-5-10/h1-5H,6-9H2,(H2,15,16). The third-order valence-electron chi connectivity index (χ3n) is 3.38. The molecule has 0 bridgehead atoms. The van der Waals surface area contributed by atoms with E-state index in [0.29, 0.717) is 34.8 Å². The quantitative estimate of drug-likeness (QED) is 0.833. The predicted molar refractivity (Wildman–Crippen MR) is 89.1 cm³/mol. The Labute approximate surface area is 141 Å². The third kappa shape index (κ3) is 3.80. The van der Waals surface area contributed by atoms with Crippen molar-refractivity contribution in [2.24, 2.45) is 0 Å². The van der Waals surface area contributed by atoms with Crippen LogP contribution in [0.25, 0.3) is 0 Å². The number of carbonyl (C=O) groups is 2. The first-order chi connectivity index (χ1) is 11.1. The summed E-state index contributed by atoms with van der Waals surface area (Å²) in [6.07, 6.45) is 0. The van der Waals surface area contributed by atoms with E-state index in [2.05, 4.69) is 10.2 Å². The average Bonchev–Trinajstić information content (AvgIpc) is 3.22. The summed E-state index contributed by atoms with van der Waals surface area (Å²) in [6, 6.07) is 9.09. The van der Waals surface area contributed by atoms with Crippen LogP contribution in [0.1, 0.15) is 10.4 Å². The van der Waals surface area contributed by atoms with Crippen LogP contribution >= 0.6 is 23.1 Å². The van der Waals surface area contributed by atoms with Crippen molar-refractivity contribution in [1.82, 2.24) is 20.0 Å². The van der Waals surface area contributed by atoms with Crippen LogP contribution in [0.15, 0.2) is 34.7 Å². The van der Waals surface area contributed by atoms with Crippen molar-refractivity contribution in [3.63, 3.8) is 0 Å². The summed E-state index contributed by atoms with van der Waals surface area (Å²) >= 11 is 2.57. The van der Waals surface area contributed by atoms with Gasteiger partial charge in [0.15, 0.2) is 4.34 Å². The van der Waals surface area contributed by atoms with Crippen molar-refractivity contribution in [1.29, 1.82) is 0 Å². The van der Waals surface area contributed by atoms with Crippen LogP contribution < -0.4 is 5.73 Å². The monoisotopic (exact) mass is 349 g/mol. The van der Waals surface area contributed by atoms with Crippen molar-refractivity contribution in [3.05, 3.63) is 35.9 Å². The molecule has 1 aromatic heterocycles. The Kier molecular flexibility index (Phi) is 4.77. The molecule has 7 nitrogen and oxygen atoms in total. The summed E-state index contributed by atoms with van der Waals surface area (Å²) in [4.78, 5) is 27.9.